The van der Waals surface area contributed by atoms with Crippen molar-refractivity contribution in [2.45, 2.75) is 6.42 Å². The zero-order valence-corrected chi connectivity index (χ0v) is 16.5. The maximum Gasteiger partial charge on any atom is 0.259 e. The molecule has 0 saturated heterocycles. The van der Waals surface area contributed by atoms with E-state index in [9.17, 15) is 14.0 Å². The van der Waals surface area contributed by atoms with Crippen LogP contribution in [0, 0.1) is 5.82 Å². The smallest absolute Gasteiger partial charge is 0.259 e. The van der Waals surface area contributed by atoms with Gasteiger partial charge in [-0.25, -0.2) is 9.37 Å². The number of hydrogen-bond acceptors (Lipinski definition) is 4. The van der Waals surface area contributed by atoms with Crippen LogP contribution in [-0.4, -0.2) is 20.0 Å². The molecule has 4 rings (SSSR count). The van der Waals surface area contributed by atoms with E-state index in [1.54, 1.807) is 47.3 Å². The first-order chi connectivity index (χ1) is 13.9. The maximum absolute atomic E-state index is 14.7. The largest absolute Gasteiger partial charge is 0.365 e. The van der Waals surface area contributed by atoms with E-state index in [1.165, 1.54) is 23.0 Å². The molecule has 3 aromatic heterocycles. The molecule has 4 aromatic rings. The molecule has 9 heteroatoms. The average molecular weight is 429 g/mol. The third kappa shape index (κ3) is 3.85. The molecule has 0 fully saturated rings. The Morgan fingerprint density at radius 2 is 2.07 bits per heavy atom. The zero-order valence-electron chi connectivity index (χ0n) is 14.9. The molecule has 0 aliphatic carbocycles. The Bertz CT molecular complexity index is 1280. The van der Waals surface area contributed by atoms with Gasteiger partial charge in [0.2, 0.25) is 0 Å². The molecule has 3 heterocycles. The number of halogens is 2. The fourth-order valence-electron chi connectivity index (χ4n) is 3.01. The Kier molecular flexibility index (Phi) is 5.04. The standard InChI is InChI=1S/C20H14ClFN4O2S/c21-17-8-12(19(29-17)20(23)28)7-13-10-25(11-24-13)16-5-4-14(9-15(16)22)26-6-2-1-3-18(26)27/h1-6,8-11H,7H2,(H2,23,28). The zero-order chi connectivity index (χ0) is 20.5. The molecule has 0 unspecified atom stereocenters. The number of hydrogen-bond donors (Lipinski definition) is 1. The monoisotopic (exact) mass is 428 g/mol. The normalized spacial score (nSPS) is 11.0. The van der Waals surface area contributed by atoms with Gasteiger partial charge in [0, 0.05) is 30.9 Å². The van der Waals surface area contributed by atoms with Crippen molar-refractivity contribution in [3.63, 3.8) is 0 Å². The van der Waals surface area contributed by atoms with Crippen molar-refractivity contribution in [2.24, 2.45) is 5.73 Å². The fraction of sp³-hybridized carbons (Fsp3) is 0.0500. The van der Waals surface area contributed by atoms with Crippen LogP contribution in [0.25, 0.3) is 11.4 Å². The van der Waals surface area contributed by atoms with Gasteiger partial charge in [-0.05, 0) is 29.8 Å². The summed E-state index contributed by atoms with van der Waals surface area (Å²) < 4.78 is 18.1. The number of imidazole rings is 1. The molecular weight excluding hydrogens is 415 g/mol. The van der Waals surface area contributed by atoms with Crippen molar-refractivity contribution >= 4 is 28.8 Å². The summed E-state index contributed by atoms with van der Waals surface area (Å²) in [7, 11) is 0. The lowest BCUT2D eigenvalue weighted by Crippen LogP contribution is -2.15. The minimum Gasteiger partial charge on any atom is -0.365 e. The summed E-state index contributed by atoms with van der Waals surface area (Å²) in [5, 5.41) is 0. The van der Waals surface area contributed by atoms with Crippen LogP contribution >= 0.6 is 22.9 Å². The second kappa shape index (κ2) is 7.65. The van der Waals surface area contributed by atoms with Gasteiger partial charge in [-0.3, -0.25) is 14.2 Å². The molecule has 1 aromatic carbocycles. The molecule has 1 amide bonds. The Balaban J connectivity index is 1.63. The number of pyridine rings is 1. The van der Waals surface area contributed by atoms with Crippen LogP contribution in [0.2, 0.25) is 4.34 Å². The van der Waals surface area contributed by atoms with E-state index in [0.717, 1.165) is 11.3 Å². The summed E-state index contributed by atoms with van der Waals surface area (Å²) in [6, 6.07) is 10.9. The topological polar surface area (TPSA) is 82.9 Å². The third-order valence-electron chi connectivity index (χ3n) is 4.32. The summed E-state index contributed by atoms with van der Waals surface area (Å²) in [6.45, 7) is 0. The van der Waals surface area contributed by atoms with Crippen LogP contribution in [0.4, 0.5) is 4.39 Å². The summed E-state index contributed by atoms with van der Waals surface area (Å²) in [5.74, 6) is -1.05. The second-order valence-corrected chi connectivity index (χ2v) is 7.95. The highest BCUT2D eigenvalue weighted by molar-refractivity contribution is 7.18. The summed E-state index contributed by atoms with van der Waals surface area (Å²) in [4.78, 5) is 28.1. The van der Waals surface area contributed by atoms with E-state index in [2.05, 4.69) is 4.98 Å². The quantitative estimate of drug-likeness (QED) is 0.527. The first-order valence-electron chi connectivity index (χ1n) is 8.51. The second-order valence-electron chi connectivity index (χ2n) is 6.26. The van der Waals surface area contributed by atoms with Crippen molar-refractivity contribution in [3.05, 3.63) is 97.8 Å². The average Bonchev–Trinajstić information content (AvgIpc) is 3.29. The highest BCUT2D eigenvalue weighted by Gasteiger charge is 2.15. The van der Waals surface area contributed by atoms with Crippen molar-refractivity contribution in [3.8, 4) is 11.4 Å². The molecule has 0 spiro atoms. The molecule has 0 aliphatic rings. The van der Waals surface area contributed by atoms with Crippen LogP contribution in [0.3, 0.4) is 0 Å². The van der Waals surface area contributed by atoms with E-state index in [0.29, 0.717) is 32.6 Å². The van der Waals surface area contributed by atoms with E-state index < -0.39 is 11.7 Å². The minimum atomic E-state index is -0.547. The molecule has 29 heavy (non-hydrogen) atoms. The Morgan fingerprint density at radius 1 is 1.24 bits per heavy atom. The van der Waals surface area contributed by atoms with Gasteiger partial charge in [0.25, 0.3) is 11.5 Å². The van der Waals surface area contributed by atoms with E-state index in [-0.39, 0.29) is 11.2 Å². The highest BCUT2D eigenvalue weighted by Crippen LogP contribution is 2.28. The Hall–Kier alpha value is -3.23. The van der Waals surface area contributed by atoms with Crippen LogP contribution in [0.5, 0.6) is 0 Å². The van der Waals surface area contributed by atoms with Crippen LogP contribution in [-0.2, 0) is 6.42 Å². The number of thiophene rings is 1. The molecular formula is C20H14ClFN4O2S. The van der Waals surface area contributed by atoms with Gasteiger partial charge in [-0.2, -0.15) is 0 Å². The van der Waals surface area contributed by atoms with E-state index >= 15 is 0 Å². The first-order valence-corrected chi connectivity index (χ1v) is 9.70. The number of carbonyl (C=O) groups is 1. The number of benzene rings is 1. The van der Waals surface area contributed by atoms with Gasteiger partial charge < -0.3 is 10.3 Å². The third-order valence-corrected chi connectivity index (χ3v) is 5.64. The number of nitrogens with two attached hydrogens (primary N) is 1. The molecule has 0 radical (unpaired) electrons. The minimum absolute atomic E-state index is 0.246. The van der Waals surface area contributed by atoms with Gasteiger partial charge in [0.1, 0.15) is 5.82 Å². The van der Waals surface area contributed by atoms with Gasteiger partial charge >= 0.3 is 0 Å². The number of carbonyl (C=O) groups excluding carboxylic acids is 1. The number of nitrogens with zero attached hydrogens (tertiary/aromatic N) is 3. The van der Waals surface area contributed by atoms with Crippen molar-refractivity contribution in [1.29, 1.82) is 0 Å². The molecule has 0 aliphatic heterocycles. The maximum atomic E-state index is 14.7. The predicted molar refractivity (Wildman–Crippen MR) is 110 cm³/mol. The number of aromatic nitrogens is 3. The fourth-order valence-corrected chi connectivity index (χ4v) is 4.13. The van der Waals surface area contributed by atoms with Gasteiger partial charge in [0.05, 0.1) is 32.6 Å². The van der Waals surface area contributed by atoms with Gasteiger partial charge in [-0.1, -0.05) is 17.7 Å². The van der Waals surface area contributed by atoms with Crippen molar-refractivity contribution in [1.82, 2.24) is 14.1 Å². The lowest BCUT2D eigenvalue weighted by Gasteiger charge is -2.08. The molecule has 2 N–H and O–H groups in total. The molecule has 0 saturated carbocycles. The molecule has 0 bridgehead atoms. The van der Waals surface area contributed by atoms with Crippen LogP contribution in [0.1, 0.15) is 20.9 Å². The van der Waals surface area contributed by atoms with Crippen LogP contribution < -0.4 is 11.3 Å². The summed E-state index contributed by atoms with van der Waals surface area (Å²) >= 11 is 7.10. The number of rotatable bonds is 5. The van der Waals surface area contributed by atoms with Crippen LogP contribution in [0.15, 0.2) is 66.0 Å². The Labute approximate surface area is 173 Å². The molecule has 0 atom stereocenters. The molecule has 146 valence electrons. The van der Waals surface area contributed by atoms with Crippen molar-refractivity contribution in [2.75, 3.05) is 0 Å². The summed E-state index contributed by atoms with van der Waals surface area (Å²) in [5.41, 5.74) is 7.16. The van der Waals surface area contributed by atoms with Crippen molar-refractivity contribution < 1.29 is 9.18 Å². The lowest BCUT2D eigenvalue weighted by atomic mass is 10.1. The SMILES string of the molecule is NC(=O)c1sc(Cl)cc1Cc1cn(-c2ccc(-n3ccccc3=O)cc2F)cn1. The lowest BCUT2D eigenvalue weighted by molar-refractivity contribution is 0.100. The van der Waals surface area contributed by atoms with Gasteiger partial charge in [0.15, 0.2) is 0 Å². The Morgan fingerprint density at radius 3 is 2.79 bits per heavy atom. The number of primary amides is 1. The number of amides is 1. The predicted octanol–water partition coefficient (Wildman–Crippen LogP) is 3.57. The van der Waals surface area contributed by atoms with E-state index in [4.69, 9.17) is 17.3 Å². The van der Waals surface area contributed by atoms with Gasteiger partial charge in [-0.15, -0.1) is 11.3 Å². The van der Waals surface area contributed by atoms with E-state index in [1.807, 2.05) is 0 Å². The molecule has 6 nitrogen and oxygen atoms in total. The summed E-state index contributed by atoms with van der Waals surface area (Å²) in [6.07, 6.45) is 5.07. The first kappa shape index (κ1) is 19.1. The highest BCUT2D eigenvalue weighted by atomic mass is 35.5.